The Balaban J connectivity index is 2.27. The third-order valence-electron chi connectivity index (χ3n) is 2.39. The third-order valence-corrected chi connectivity index (χ3v) is 3.57. The molecule has 0 unspecified atom stereocenters. The number of carbonyl (C=O) groups excluding carboxylic acids is 2. The predicted octanol–water partition coefficient (Wildman–Crippen LogP) is 1.86. The minimum Gasteiger partial charge on any atom is -0.480 e. The van der Waals surface area contributed by atoms with Gasteiger partial charge < -0.3 is 15.2 Å². The highest BCUT2D eigenvalue weighted by Gasteiger charge is 2.23. The maximum atomic E-state index is 11.4. The van der Waals surface area contributed by atoms with Crippen LogP contribution in [0, 0.1) is 0 Å². The highest BCUT2D eigenvalue weighted by Crippen LogP contribution is 2.35. The summed E-state index contributed by atoms with van der Waals surface area (Å²) < 4.78 is 6.15. The molecular weight excluding hydrogens is 412 g/mol. The fraction of sp³-hybridized carbons (Fsp3) is 0.0833. The van der Waals surface area contributed by atoms with Gasteiger partial charge in [0.1, 0.15) is 11.4 Å². The number of carbonyl (C=O) groups is 3. The Kier molecular flexibility index (Phi) is 4.63. The molecule has 7 nitrogen and oxygen atoms in total. The van der Waals surface area contributed by atoms with Gasteiger partial charge in [0.05, 0.1) is 8.95 Å². The number of aliphatic carboxylic acids is 1. The minimum absolute atomic E-state index is 0.123. The van der Waals surface area contributed by atoms with Gasteiger partial charge in [-0.05, 0) is 55.6 Å². The number of nitrogens with one attached hydrogen (secondary N) is 2. The number of urea groups is 1. The average Bonchev–Trinajstić information content (AvgIpc) is 2.66. The lowest BCUT2D eigenvalue weighted by atomic mass is 10.2. The molecule has 0 spiro atoms. The molecule has 110 valence electrons. The summed E-state index contributed by atoms with van der Waals surface area (Å²) in [5, 5.41) is 13.1. The molecule has 1 aromatic carbocycles. The molecule has 3 N–H and O–H groups in total. The molecule has 2 rings (SSSR count). The molecule has 0 bridgehead atoms. The number of amides is 3. The van der Waals surface area contributed by atoms with E-state index >= 15 is 0 Å². The van der Waals surface area contributed by atoms with Crippen molar-refractivity contribution in [3.8, 4) is 5.75 Å². The van der Waals surface area contributed by atoms with E-state index in [4.69, 9.17) is 9.84 Å². The average molecular weight is 420 g/mol. The van der Waals surface area contributed by atoms with Crippen LogP contribution in [0.2, 0.25) is 0 Å². The number of halogens is 2. The summed E-state index contributed by atoms with van der Waals surface area (Å²) in [6.07, 6.45) is 1.48. The fourth-order valence-electron chi connectivity index (χ4n) is 1.58. The molecule has 3 amide bonds. The van der Waals surface area contributed by atoms with Crippen LogP contribution in [0.4, 0.5) is 4.79 Å². The quantitative estimate of drug-likeness (QED) is 0.510. The van der Waals surface area contributed by atoms with Crippen molar-refractivity contribution in [3.05, 3.63) is 32.3 Å². The molecule has 1 aromatic rings. The van der Waals surface area contributed by atoms with Gasteiger partial charge >= 0.3 is 12.0 Å². The zero-order valence-electron chi connectivity index (χ0n) is 10.3. The normalized spacial score (nSPS) is 15.8. The Bertz CT molecular complexity index is 649. The van der Waals surface area contributed by atoms with Crippen molar-refractivity contribution in [1.29, 1.82) is 0 Å². The fourth-order valence-corrected chi connectivity index (χ4v) is 3.03. The molecule has 1 fully saturated rings. The second-order valence-electron chi connectivity index (χ2n) is 3.96. The van der Waals surface area contributed by atoms with Crippen LogP contribution in [-0.2, 0) is 9.59 Å². The first kappa shape index (κ1) is 15.5. The topological polar surface area (TPSA) is 105 Å². The van der Waals surface area contributed by atoms with Gasteiger partial charge in [0.2, 0.25) is 0 Å². The number of hydrogen-bond acceptors (Lipinski definition) is 4. The van der Waals surface area contributed by atoms with Gasteiger partial charge in [-0.25, -0.2) is 9.59 Å². The largest absolute Gasteiger partial charge is 0.480 e. The lowest BCUT2D eigenvalue weighted by Gasteiger charge is -2.09. The highest BCUT2D eigenvalue weighted by atomic mass is 79.9. The van der Waals surface area contributed by atoms with Crippen molar-refractivity contribution < 1.29 is 24.2 Å². The molecular formula is C12H8Br2N2O5. The van der Waals surface area contributed by atoms with Crippen molar-refractivity contribution in [1.82, 2.24) is 10.6 Å². The van der Waals surface area contributed by atoms with Crippen molar-refractivity contribution in [2.45, 2.75) is 0 Å². The van der Waals surface area contributed by atoms with Crippen LogP contribution in [0.1, 0.15) is 5.56 Å². The Labute approximate surface area is 135 Å². The first-order chi connectivity index (χ1) is 9.86. The summed E-state index contributed by atoms with van der Waals surface area (Å²) >= 11 is 6.52. The lowest BCUT2D eigenvalue weighted by molar-refractivity contribution is -0.139. The molecule has 1 saturated heterocycles. The summed E-state index contributed by atoms with van der Waals surface area (Å²) in [6, 6.07) is 2.69. The molecule has 9 heteroatoms. The smallest absolute Gasteiger partial charge is 0.341 e. The van der Waals surface area contributed by atoms with E-state index in [2.05, 4.69) is 42.5 Å². The van der Waals surface area contributed by atoms with Crippen LogP contribution in [0.15, 0.2) is 26.8 Å². The van der Waals surface area contributed by atoms with Crippen molar-refractivity contribution in [2.24, 2.45) is 0 Å². The van der Waals surface area contributed by atoms with Gasteiger partial charge in [-0.15, -0.1) is 0 Å². The van der Waals surface area contributed by atoms with Crippen LogP contribution in [0.3, 0.4) is 0 Å². The summed E-state index contributed by atoms with van der Waals surface area (Å²) in [7, 11) is 0. The number of carboxylic acids is 1. The summed E-state index contributed by atoms with van der Waals surface area (Å²) in [6.45, 7) is -0.476. The van der Waals surface area contributed by atoms with E-state index in [9.17, 15) is 14.4 Å². The molecule has 1 aliphatic rings. The van der Waals surface area contributed by atoms with Crippen LogP contribution < -0.4 is 15.4 Å². The standard InChI is InChI=1S/C12H8Br2N2O5/c13-6-1-5(3-8-11(19)16-12(20)15-8)2-7(14)10(6)21-4-9(17)18/h1-3H,4H2,(H,17,18)(H2,15,16,19,20)/b8-3+. The summed E-state index contributed by atoms with van der Waals surface area (Å²) in [5.41, 5.74) is 0.738. The summed E-state index contributed by atoms with van der Waals surface area (Å²) in [5.74, 6) is -1.27. The zero-order valence-corrected chi connectivity index (χ0v) is 13.4. The highest BCUT2D eigenvalue weighted by molar-refractivity contribution is 9.11. The Hall–Kier alpha value is -1.87. The monoisotopic (exact) mass is 418 g/mol. The van der Waals surface area contributed by atoms with E-state index in [0.29, 0.717) is 20.3 Å². The van der Waals surface area contributed by atoms with Crippen molar-refractivity contribution in [3.63, 3.8) is 0 Å². The van der Waals surface area contributed by atoms with Crippen LogP contribution in [-0.4, -0.2) is 29.6 Å². The molecule has 0 aliphatic carbocycles. The zero-order chi connectivity index (χ0) is 15.6. The van der Waals surface area contributed by atoms with Crippen molar-refractivity contribution in [2.75, 3.05) is 6.61 Å². The molecule has 0 atom stereocenters. The van der Waals surface area contributed by atoms with Gasteiger partial charge in [0.15, 0.2) is 6.61 Å². The van der Waals surface area contributed by atoms with Gasteiger partial charge in [-0.2, -0.15) is 0 Å². The molecule has 0 saturated carbocycles. The summed E-state index contributed by atoms with van der Waals surface area (Å²) in [4.78, 5) is 32.9. The van der Waals surface area contributed by atoms with E-state index < -0.39 is 24.5 Å². The lowest BCUT2D eigenvalue weighted by Crippen LogP contribution is -2.22. The van der Waals surface area contributed by atoms with Gasteiger partial charge in [-0.1, -0.05) is 0 Å². The van der Waals surface area contributed by atoms with E-state index in [1.807, 2.05) is 0 Å². The number of rotatable bonds is 4. The third kappa shape index (κ3) is 3.82. The Morgan fingerprint density at radius 2 is 1.86 bits per heavy atom. The van der Waals surface area contributed by atoms with Gasteiger partial charge in [0.25, 0.3) is 5.91 Å². The van der Waals surface area contributed by atoms with Gasteiger partial charge in [0, 0.05) is 0 Å². The predicted molar refractivity (Wildman–Crippen MR) is 79.6 cm³/mol. The first-order valence-corrected chi connectivity index (χ1v) is 7.13. The van der Waals surface area contributed by atoms with Crippen molar-refractivity contribution >= 4 is 55.8 Å². The van der Waals surface area contributed by atoms with E-state index in [0.717, 1.165) is 0 Å². The molecule has 1 heterocycles. The number of carboxylic acid groups (broad SMARTS) is 1. The molecule has 0 aromatic heterocycles. The first-order valence-electron chi connectivity index (χ1n) is 5.54. The van der Waals surface area contributed by atoms with Crippen LogP contribution >= 0.6 is 31.9 Å². The Morgan fingerprint density at radius 1 is 1.24 bits per heavy atom. The second-order valence-corrected chi connectivity index (χ2v) is 5.67. The van der Waals surface area contributed by atoms with E-state index in [1.54, 1.807) is 12.1 Å². The number of benzene rings is 1. The van der Waals surface area contributed by atoms with Crippen LogP contribution in [0.5, 0.6) is 5.75 Å². The molecule has 0 radical (unpaired) electrons. The number of hydrogen-bond donors (Lipinski definition) is 3. The Morgan fingerprint density at radius 3 is 2.33 bits per heavy atom. The number of imide groups is 1. The minimum atomic E-state index is -1.09. The van der Waals surface area contributed by atoms with Gasteiger partial charge in [-0.3, -0.25) is 10.1 Å². The molecule has 21 heavy (non-hydrogen) atoms. The second kappa shape index (κ2) is 6.27. The maximum absolute atomic E-state index is 11.4. The van der Waals surface area contributed by atoms with Crippen LogP contribution in [0.25, 0.3) is 6.08 Å². The maximum Gasteiger partial charge on any atom is 0.341 e. The van der Waals surface area contributed by atoms with E-state index in [-0.39, 0.29) is 5.70 Å². The number of ether oxygens (including phenoxy) is 1. The van der Waals surface area contributed by atoms with E-state index in [1.165, 1.54) is 6.08 Å². The molecule has 1 aliphatic heterocycles. The SMILES string of the molecule is O=C(O)COc1c(Br)cc(/C=C2/NC(=O)NC2=O)cc1Br.